The Morgan fingerprint density at radius 2 is 1.96 bits per heavy atom. The Balaban J connectivity index is 2.04. The normalized spacial score (nSPS) is 13.1. The summed E-state index contributed by atoms with van der Waals surface area (Å²) >= 11 is 0. The number of aryl methyl sites for hydroxylation is 1. The summed E-state index contributed by atoms with van der Waals surface area (Å²) in [4.78, 5) is 1.94. The summed E-state index contributed by atoms with van der Waals surface area (Å²) in [5.74, 6) is -1.54. The third kappa shape index (κ3) is 4.36. The van der Waals surface area contributed by atoms with Crippen LogP contribution in [-0.2, 0) is 13.6 Å². The number of benzene rings is 1. The number of likely N-dealkylation sites (N-methyl/N-ethyl adjacent to an activating group) is 1. The van der Waals surface area contributed by atoms with Gasteiger partial charge in [0.25, 0.3) is 0 Å². The number of halogens is 2. The summed E-state index contributed by atoms with van der Waals surface area (Å²) in [6.07, 6.45) is 1.09. The van der Waals surface area contributed by atoms with Gasteiger partial charge in [0.1, 0.15) is 0 Å². The van der Waals surface area contributed by atoms with E-state index in [2.05, 4.69) is 18.9 Å². The van der Waals surface area contributed by atoms with E-state index in [0.717, 1.165) is 23.4 Å². The average molecular weight is 323 g/mol. The van der Waals surface area contributed by atoms with Gasteiger partial charge in [0.15, 0.2) is 11.6 Å². The van der Waals surface area contributed by atoms with E-state index in [1.54, 1.807) is 4.68 Å². The Hall–Kier alpha value is -1.79. The highest BCUT2D eigenvalue weighted by Gasteiger charge is 2.17. The maximum atomic E-state index is 13.3. The van der Waals surface area contributed by atoms with E-state index >= 15 is 0 Å². The van der Waals surface area contributed by atoms with Gasteiger partial charge in [0, 0.05) is 31.9 Å². The Morgan fingerprint density at radius 1 is 1.26 bits per heavy atom. The quantitative estimate of drug-likeness (QED) is 0.888. The number of hydrogen-bond acceptors (Lipinski definition) is 3. The van der Waals surface area contributed by atoms with Crippen molar-refractivity contribution in [3.63, 3.8) is 0 Å². The van der Waals surface area contributed by atoms with Crippen LogP contribution in [0, 0.1) is 11.6 Å². The van der Waals surface area contributed by atoms with E-state index in [0.29, 0.717) is 24.6 Å². The van der Waals surface area contributed by atoms with Crippen molar-refractivity contribution in [2.75, 3.05) is 13.6 Å². The molecular formula is C17H23F2N3O. The summed E-state index contributed by atoms with van der Waals surface area (Å²) in [6.45, 7) is 5.11. The van der Waals surface area contributed by atoms with Crippen molar-refractivity contribution in [2.24, 2.45) is 7.05 Å². The van der Waals surface area contributed by atoms with Gasteiger partial charge in [-0.25, -0.2) is 8.78 Å². The fourth-order valence-electron chi connectivity index (χ4n) is 2.64. The van der Waals surface area contributed by atoms with Gasteiger partial charge >= 0.3 is 0 Å². The van der Waals surface area contributed by atoms with Crippen molar-refractivity contribution < 1.29 is 13.9 Å². The lowest BCUT2D eigenvalue weighted by Crippen LogP contribution is -2.24. The van der Waals surface area contributed by atoms with Crippen LogP contribution in [0.1, 0.15) is 42.7 Å². The molecule has 0 aliphatic heterocycles. The highest BCUT2D eigenvalue weighted by atomic mass is 19.2. The first kappa shape index (κ1) is 17.6. The van der Waals surface area contributed by atoms with Crippen molar-refractivity contribution in [3.8, 4) is 0 Å². The Bertz CT molecular complexity index is 670. The largest absolute Gasteiger partial charge is 0.387 e. The summed E-state index contributed by atoms with van der Waals surface area (Å²) in [5.41, 5.74) is 2.50. The molecule has 1 atom stereocenters. The van der Waals surface area contributed by atoms with Crippen LogP contribution >= 0.6 is 0 Å². The Kier molecular flexibility index (Phi) is 5.49. The van der Waals surface area contributed by atoms with Gasteiger partial charge in [0.05, 0.1) is 11.8 Å². The fraction of sp³-hybridized carbons (Fsp3) is 0.471. The molecule has 0 amide bonds. The summed E-state index contributed by atoms with van der Waals surface area (Å²) in [7, 11) is 3.76. The van der Waals surface area contributed by atoms with Crippen LogP contribution in [0.4, 0.5) is 8.78 Å². The SMILES string of the molecule is CC(C)c1nn(C)cc1CN(C)CC(O)c1ccc(F)c(F)c1. The Labute approximate surface area is 135 Å². The second-order valence-electron chi connectivity index (χ2n) is 6.25. The first-order chi connectivity index (χ1) is 10.8. The molecule has 0 aliphatic carbocycles. The number of aliphatic hydroxyl groups is 1. The maximum Gasteiger partial charge on any atom is 0.159 e. The van der Waals surface area contributed by atoms with Gasteiger partial charge in [-0.05, 0) is 30.7 Å². The minimum absolute atomic E-state index is 0.315. The summed E-state index contributed by atoms with van der Waals surface area (Å²) in [5, 5.41) is 14.7. The standard InChI is InChI=1S/C17H23F2N3O/c1-11(2)17-13(9-22(4)20-17)8-21(3)10-16(23)12-5-6-14(18)15(19)7-12/h5-7,9,11,16,23H,8,10H2,1-4H3. The van der Waals surface area contributed by atoms with E-state index in [9.17, 15) is 13.9 Å². The van der Waals surface area contributed by atoms with E-state index in [4.69, 9.17) is 0 Å². The minimum Gasteiger partial charge on any atom is -0.387 e. The van der Waals surface area contributed by atoms with Crippen LogP contribution in [0.3, 0.4) is 0 Å². The van der Waals surface area contributed by atoms with Crippen LogP contribution in [-0.4, -0.2) is 33.4 Å². The smallest absolute Gasteiger partial charge is 0.159 e. The number of hydrogen-bond donors (Lipinski definition) is 1. The molecule has 2 aromatic rings. The molecule has 23 heavy (non-hydrogen) atoms. The van der Waals surface area contributed by atoms with Crippen molar-refractivity contribution in [1.29, 1.82) is 0 Å². The van der Waals surface area contributed by atoms with Gasteiger partial charge in [-0.15, -0.1) is 0 Å². The maximum absolute atomic E-state index is 13.3. The molecule has 4 nitrogen and oxygen atoms in total. The van der Waals surface area contributed by atoms with E-state index in [1.807, 2.05) is 25.2 Å². The second-order valence-corrected chi connectivity index (χ2v) is 6.25. The lowest BCUT2D eigenvalue weighted by Gasteiger charge is -2.21. The molecule has 2 rings (SSSR count). The van der Waals surface area contributed by atoms with Crippen LogP contribution in [0.15, 0.2) is 24.4 Å². The zero-order valence-corrected chi connectivity index (χ0v) is 13.9. The molecule has 1 N–H and O–H groups in total. The predicted octanol–water partition coefficient (Wildman–Crippen LogP) is 2.99. The van der Waals surface area contributed by atoms with Crippen LogP contribution in [0.5, 0.6) is 0 Å². The van der Waals surface area contributed by atoms with Crippen molar-refractivity contribution in [3.05, 3.63) is 52.9 Å². The lowest BCUT2D eigenvalue weighted by atomic mass is 10.1. The second kappa shape index (κ2) is 7.19. The molecule has 0 spiro atoms. The van der Waals surface area contributed by atoms with Crippen molar-refractivity contribution >= 4 is 0 Å². The van der Waals surface area contributed by atoms with Gasteiger partial charge in [-0.3, -0.25) is 9.58 Å². The molecule has 0 aliphatic rings. The first-order valence-electron chi connectivity index (χ1n) is 7.62. The van der Waals surface area contributed by atoms with Crippen LogP contribution in [0.2, 0.25) is 0 Å². The number of aromatic nitrogens is 2. The molecule has 1 heterocycles. The topological polar surface area (TPSA) is 41.3 Å². The van der Waals surface area contributed by atoms with Crippen LogP contribution < -0.4 is 0 Å². The van der Waals surface area contributed by atoms with Gasteiger partial charge in [-0.2, -0.15) is 5.10 Å². The molecule has 126 valence electrons. The van der Waals surface area contributed by atoms with Gasteiger partial charge in [-0.1, -0.05) is 19.9 Å². The van der Waals surface area contributed by atoms with Gasteiger partial charge in [0.2, 0.25) is 0 Å². The third-order valence-corrected chi connectivity index (χ3v) is 3.74. The van der Waals surface area contributed by atoms with Gasteiger partial charge < -0.3 is 5.11 Å². The molecule has 0 saturated carbocycles. The molecule has 1 unspecified atom stereocenters. The van der Waals surface area contributed by atoms with E-state index in [1.165, 1.54) is 6.07 Å². The minimum atomic E-state index is -0.946. The first-order valence-corrected chi connectivity index (χ1v) is 7.62. The zero-order valence-electron chi connectivity index (χ0n) is 13.9. The molecule has 0 bridgehead atoms. The fourth-order valence-corrected chi connectivity index (χ4v) is 2.64. The summed E-state index contributed by atoms with van der Waals surface area (Å²) in [6, 6.07) is 3.48. The zero-order chi connectivity index (χ0) is 17.1. The highest BCUT2D eigenvalue weighted by Crippen LogP contribution is 2.21. The molecule has 1 aromatic heterocycles. The number of aliphatic hydroxyl groups excluding tert-OH is 1. The van der Waals surface area contributed by atoms with Crippen molar-refractivity contribution in [1.82, 2.24) is 14.7 Å². The van der Waals surface area contributed by atoms with E-state index < -0.39 is 17.7 Å². The Morgan fingerprint density at radius 3 is 2.57 bits per heavy atom. The van der Waals surface area contributed by atoms with Crippen molar-refractivity contribution in [2.45, 2.75) is 32.4 Å². The molecule has 0 saturated heterocycles. The molecular weight excluding hydrogens is 300 g/mol. The van der Waals surface area contributed by atoms with E-state index in [-0.39, 0.29) is 0 Å². The lowest BCUT2D eigenvalue weighted by molar-refractivity contribution is 0.123. The molecule has 0 radical (unpaired) electrons. The molecule has 6 heteroatoms. The molecule has 1 aromatic carbocycles. The van der Waals surface area contributed by atoms with Crippen LogP contribution in [0.25, 0.3) is 0 Å². The highest BCUT2D eigenvalue weighted by molar-refractivity contribution is 5.22. The number of rotatable bonds is 6. The molecule has 0 fully saturated rings. The average Bonchev–Trinajstić information content (AvgIpc) is 2.82. The summed E-state index contributed by atoms with van der Waals surface area (Å²) < 4.78 is 28.0. The third-order valence-electron chi connectivity index (χ3n) is 3.74. The monoisotopic (exact) mass is 323 g/mol. The predicted molar refractivity (Wildman–Crippen MR) is 84.9 cm³/mol. The number of nitrogens with zero attached hydrogens (tertiary/aromatic N) is 3.